The van der Waals surface area contributed by atoms with Gasteiger partial charge in [-0.15, -0.1) is 5.10 Å². The Bertz CT molecular complexity index is 566. The number of nitrogens with zero attached hydrogens (tertiary/aromatic N) is 5. The largest absolute Gasteiger partial charge is 0.348 e. The molecule has 0 bridgehead atoms. The van der Waals surface area contributed by atoms with Crippen LogP contribution >= 0.6 is 0 Å². The molecule has 2 rings (SSSR count). The van der Waals surface area contributed by atoms with Gasteiger partial charge in [0, 0.05) is 25.7 Å². The van der Waals surface area contributed by atoms with Gasteiger partial charge in [0.15, 0.2) is 5.82 Å². The molecular formula is C17H25N5. The van der Waals surface area contributed by atoms with Crippen LogP contribution in [0, 0.1) is 0 Å². The van der Waals surface area contributed by atoms with E-state index < -0.39 is 0 Å². The van der Waals surface area contributed by atoms with Crippen molar-refractivity contribution in [1.82, 2.24) is 15.2 Å². The molecule has 0 aliphatic rings. The third-order valence-electron chi connectivity index (χ3n) is 3.69. The molecule has 0 aliphatic carbocycles. The summed E-state index contributed by atoms with van der Waals surface area (Å²) < 4.78 is 0. The quantitative estimate of drug-likeness (QED) is 0.786. The highest BCUT2D eigenvalue weighted by molar-refractivity contribution is 5.43. The molecule has 0 unspecified atom stereocenters. The van der Waals surface area contributed by atoms with E-state index in [4.69, 9.17) is 4.98 Å². The molecule has 0 amide bonds. The maximum atomic E-state index is 4.71. The van der Waals surface area contributed by atoms with Crippen molar-refractivity contribution in [2.24, 2.45) is 0 Å². The monoisotopic (exact) mass is 299 g/mol. The zero-order valence-electron chi connectivity index (χ0n) is 13.9. The van der Waals surface area contributed by atoms with Crippen molar-refractivity contribution in [2.75, 3.05) is 22.9 Å². The fraction of sp³-hybridized carbons (Fsp3) is 0.471. The summed E-state index contributed by atoms with van der Waals surface area (Å²) in [6.07, 6.45) is 1.75. The topological polar surface area (TPSA) is 45.2 Å². The normalized spacial score (nSPS) is 10.8. The molecule has 1 aromatic heterocycles. The first-order chi connectivity index (χ1) is 10.7. The average molecular weight is 299 g/mol. The van der Waals surface area contributed by atoms with Crippen LogP contribution in [0.4, 0.5) is 11.8 Å². The van der Waals surface area contributed by atoms with Crippen molar-refractivity contribution >= 4 is 11.8 Å². The van der Waals surface area contributed by atoms with Crippen molar-refractivity contribution in [2.45, 2.75) is 40.3 Å². The summed E-state index contributed by atoms with van der Waals surface area (Å²) in [5.41, 5.74) is 1.26. The number of rotatable bonds is 7. The van der Waals surface area contributed by atoms with Crippen molar-refractivity contribution < 1.29 is 0 Å². The van der Waals surface area contributed by atoms with Gasteiger partial charge in [-0.05, 0) is 33.3 Å². The molecule has 0 spiro atoms. The lowest BCUT2D eigenvalue weighted by Crippen LogP contribution is -2.32. The van der Waals surface area contributed by atoms with Gasteiger partial charge in [0.05, 0.1) is 6.20 Å². The molecule has 2 aromatic rings. The van der Waals surface area contributed by atoms with Crippen LogP contribution in [0.2, 0.25) is 0 Å². The standard InChI is InChI=1S/C17H25N5/c1-5-21(6-2)17-19-16(12-18-20-17)22(14(3)4)13-15-10-8-7-9-11-15/h7-12,14H,5-6,13H2,1-4H3. The second-order valence-corrected chi connectivity index (χ2v) is 5.49. The van der Waals surface area contributed by atoms with E-state index in [9.17, 15) is 0 Å². The molecule has 1 aromatic carbocycles. The van der Waals surface area contributed by atoms with Gasteiger partial charge >= 0.3 is 0 Å². The summed E-state index contributed by atoms with van der Waals surface area (Å²) in [5, 5.41) is 8.32. The maximum absolute atomic E-state index is 4.71. The van der Waals surface area contributed by atoms with E-state index in [-0.39, 0.29) is 0 Å². The van der Waals surface area contributed by atoms with E-state index in [1.165, 1.54) is 5.56 Å². The first kappa shape index (κ1) is 16.2. The van der Waals surface area contributed by atoms with Gasteiger partial charge in [0.25, 0.3) is 0 Å². The van der Waals surface area contributed by atoms with Crippen LogP contribution in [-0.2, 0) is 6.54 Å². The molecule has 118 valence electrons. The molecule has 5 nitrogen and oxygen atoms in total. The zero-order valence-corrected chi connectivity index (χ0v) is 13.9. The Morgan fingerprint density at radius 1 is 1.05 bits per heavy atom. The lowest BCUT2D eigenvalue weighted by atomic mass is 10.2. The van der Waals surface area contributed by atoms with Crippen LogP contribution in [0.15, 0.2) is 36.5 Å². The number of aromatic nitrogens is 3. The van der Waals surface area contributed by atoms with Gasteiger partial charge in [-0.25, -0.2) is 0 Å². The van der Waals surface area contributed by atoms with Gasteiger partial charge in [-0.1, -0.05) is 30.3 Å². The minimum atomic E-state index is 0.335. The van der Waals surface area contributed by atoms with Crippen molar-refractivity contribution in [3.8, 4) is 0 Å². The Morgan fingerprint density at radius 2 is 1.73 bits per heavy atom. The minimum absolute atomic E-state index is 0.335. The first-order valence-corrected chi connectivity index (χ1v) is 7.90. The van der Waals surface area contributed by atoms with Crippen LogP contribution in [0.25, 0.3) is 0 Å². The number of anilines is 2. The van der Waals surface area contributed by atoms with E-state index in [0.717, 1.165) is 25.5 Å². The summed E-state index contributed by atoms with van der Waals surface area (Å²) in [6, 6.07) is 10.8. The van der Waals surface area contributed by atoms with Crippen LogP contribution in [0.1, 0.15) is 33.3 Å². The average Bonchev–Trinajstić information content (AvgIpc) is 2.55. The molecular weight excluding hydrogens is 274 g/mol. The number of hydrogen-bond donors (Lipinski definition) is 0. The first-order valence-electron chi connectivity index (χ1n) is 7.90. The van der Waals surface area contributed by atoms with Crippen LogP contribution < -0.4 is 9.80 Å². The predicted molar refractivity (Wildman–Crippen MR) is 91.1 cm³/mol. The van der Waals surface area contributed by atoms with Gasteiger partial charge in [0.1, 0.15) is 0 Å². The smallest absolute Gasteiger partial charge is 0.247 e. The van der Waals surface area contributed by atoms with Crippen molar-refractivity contribution in [3.05, 3.63) is 42.1 Å². The molecule has 22 heavy (non-hydrogen) atoms. The van der Waals surface area contributed by atoms with Gasteiger partial charge in [0.2, 0.25) is 5.95 Å². The summed E-state index contributed by atoms with van der Waals surface area (Å²) in [6.45, 7) is 11.1. The maximum Gasteiger partial charge on any atom is 0.247 e. The molecule has 0 atom stereocenters. The molecule has 0 fully saturated rings. The fourth-order valence-corrected chi connectivity index (χ4v) is 2.37. The second kappa shape index (κ2) is 7.73. The molecule has 0 saturated carbocycles. The zero-order chi connectivity index (χ0) is 15.9. The third kappa shape index (κ3) is 3.93. The van der Waals surface area contributed by atoms with E-state index in [2.05, 4.69) is 72.0 Å². The second-order valence-electron chi connectivity index (χ2n) is 5.49. The Hall–Kier alpha value is -2.17. The van der Waals surface area contributed by atoms with Crippen LogP contribution in [0.3, 0.4) is 0 Å². The lowest BCUT2D eigenvalue weighted by molar-refractivity contribution is 0.663. The lowest BCUT2D eigenvalue weighted by Gasteiger charge is -2.28. The van der Waals surface area contributed by atoms with Crippen molar-refractivity contribution in [3.63, 3.8) is 0 Å². The highest BCUT2D eigenvalue weighted by Gasteiger charge is 2.15. The van der Waals surface area contributed by atoms with Crippen molar-refractivity contribution in [1.29, 1.82) is 0 Å². The minimum Gasteiger partial charge on any atom is -0.348 e. The van der Waals surface area contributed by atoms with E-state index in [0.29, 0.717) is 12.0 Å². The Kier molecular flexibility index (Phi) is 5.69. The van der Waals surface area contributed by atoms with Gasteiger partial charge in [-0.2, -0.15) is 10.1 Å². The summed E-state index contributed by atoms with van der Waals surface area (Å²) in [4.78, 5) is 9.07. The SMILES string of the molecule is CCN(CC)c1nncc(N(Cc2ccccc2)C(C)C)n1. The molecule has 0 saturated heterocycles. The molecule has 5 heteroatoms. The van der Waals surface area contributed by atoms with Crippen LogP contribution in [0.5, 0.6) is 0 Å². The molecule has 0 aliphatic heterocycles. The fourth-order valence-electron chi connectivity index (χ4n) is 2.37. The van der Waals surface area contributed by atoms with Crippen LogP contribution in [-0.4, -0.2) is 34.3 Å². The van der Waals surface area contributed by atoms with E-state index in [1.54, 1.807) is 6.20 Å². The predicted octanol–water partition coefficient (Wildman–Crippen LogP) is 3.13. The molecule has 0 N–H and O–H groups in total. The highest BCUT2D eigenvalue weighted by atomic mass is 15.3. The number of hydrogen-bond acceptors (Lipinski definition) is 5. The number of benzene rings is 1. The third-order valence-corrected chi connectivity index (χ3v) is 3.69. The van der Waals surface area contributed by atoms with E-state index >= 15 is 0 Å². The summed E-state index contributed by atoms with van der Waals surface area (Å²) >= 11 is 0. The highest BCUT2D eigenvalue weighted by Crippen LogP contribution is 2.19. The van der Waals surface area contributed by atoms with E-state index in [1.807, 2.05) is 6.07 Å². The Labute approximate surface area is 133 Å². The molecule has 0 radical (unpaired) electrons. The Morgan fingerprint density at radius 3 is 2.32 bits per heavy atom. The van der Waals surface area contributed by atoms with Gasteiger partial charge in [-0.3, -0.25) is 0 Å². The van der Waals surface area contributed by atoms with Gasteiger partial charge < -0.3 is 9.80 Å². The molecule has 1 heterocycles. The Balaban J connectivity index is 2.27. The summed E-state index contributed by atoms with van der Waals surface area (Å²) in [7, 11) is 0. The summed E-state index contributed by atoms with van der Waals surface area (Å²) in [5.74, 6) is 1.57.